The number of carbonyl (C=O) groups excluding carboxylic acids is 1. The summed E-state index contributed by atoms with van der Waals surface area (Å²) in [6, 6.07) is 9.95. The summed E-state index contributed by atoms with van der Waals surface area (Å²) in [5.74, 6) is -0.590. The molecule has 6 heteroatoms. The lowest BCUT2D eigenvalue weighted by atomic mass is 10.1. The summed E-state index contributed by atoms with van der Waals surface area (Å²) in [4.78, 5) is 11.7. The van der Waals surface area contributed by atoms with E-state index in [-0.39, 0.29) is 12.2 Å². The lowest BCUT2D eigenvalue weighted by molar-refractivity contribution is -0.134. The lowest BCUT2D eigenvalue weighted by Gasteiger charge is -2.08. The predicted molar refractivity (Wildman–Crippen MR) is 77.3 cm³/mol. The van der Waals surface area contributed by atoms with Gasteiger partial charge in [-0.05, 0) is 54.4 Å². The number of esters is 1. The second-order valence-corrected chi connectivity index (χ2v) is 4.74. The van der Waals surface area contributed by atoms with E-state index < -0.39 is 11.8 Å². The zero-order valence-electron chi connectivity index (χ0n) is 10.9. The van der Waals surface area contributed by atoms with Crippen LogP contribution in [0.15, 0.2) is 47.6 Å². The van der Waals surface area contributed by atoms with Crippen molar-refractivity contribution in [2.45, 2.75) is 12.8 Å². The van der Waals surface area contributed by atoms with Gasteiger partial charge in [0.25, 0.3) is 0 Å². The SMILES string of the molecule is [N-]=Nc1ccc(Cl)cc1CCC(=O)Oc1ccc(F)cc1. The number of nitrogens with zero attached hydrogens (tertiary/aromatic N) is 2. The molecule has 0 aliphatic heterocycles. The Hall–Kier alpha value is -2.27. The third-order valence-electron chi connectivity index (χ3n) is 2.79. The molecule has 0 bridgehead atoms. The Morgan fingerprint density at radius 3 is 2.62 bits per heavy atom. The maximum Gasteiger partial charge on any atom is 0.311 e. The molecule has 0 aliphatic carbocycles. The lowest BCUT2D eigenvalue weighted by Crippen LogP contribution is -2.09. The molecule has 0 saturated carbocycles. The van der Waals surface area contributed by atoms with Crippen molar-refractivity contribution in [3.8, 4) is 5.75 Å². The molecule has 0 unspecified atom stereocenters. The Morgan fingerprint density at radius 2 is 1.95 bits per heavy atom. The van der Waals surface area contributed by atoms with Gasteiger partial charge < -0.3 is 15.4 Å². The van der Waals surface area contributed by atoms with Gasteiger partial charge in [0.05, 0.1) is 6.42 Å². The standard InChI is InChI=1S/C15H11ClFN2O2/c16-11-2-7-14(19-18)10(9-11)1-8-15(20)21-13-5-3-12(17)4-6-13/h2-7,9H,1,8H2/q-1. The molecule has 0 heterocycles. The van der Waals surface area contributed by atoms with Gasteiger partial charge in [-0.3, -0.25) is 4.79 Å². The van der Waals surface area contributed by atoms with Crippen molar-refractivity contribution in [3.05, 3.63) is 64.4 Å². The molecule has 2 aromatic carbocycles. The molecule has 0 radical (unpaired) electrons. The summed E-state index contributed by atoms with van der Waals surface area (Å²) < 4.78 is 17.8. The van der Waals surface area contributed by atoms with Crippen LogP contribution in [0.3, 0.4) is 0 Å². The van der Waals surface area contributed by atoms with Crippen molar-refractivity contribution in [2.75, 3.05) is 0 Å². The van der Waals surface area contributed by atoms with Gasteiger partial charge in [-0.25, -0.2) is 4.39 Å². The van der Waals surface area contributed by atoms with Crippen LogP contribution in [0.25, 0.3) is 5.53 Å². The van der Waals surface area contributed by atoms with Crippen molar-refractivity contribution in [1.82, 2.24) is 0 Å². The van der Waals surface area contributed by atoms with Crippen LogP contribution in [0, 0.1) is 5.82 Å². The second kappa shape index (κ2) is 6.95. The van der Waals surface area contributed by atoms with E-state index in [2.05, 4.69) is 5.11 Å². The number of rotatable bonds is 5. The van der Waals surface area contributed by atoms with Crippen LogP contribution < -0.4 is 4.74 Å². The van der Waals surface area contributed by atoms with E-state index in [9.17, 15) is 9.18 Å². The number of aryl methyl sites for hydroxylation is 1. The van der Waals surface area contributed by atoms with Crippen LogP contribution in [0.1, 0.15) is 12.0 Å². The number of ether oxygens (including phenoxy) is 1. The van der Waals surface area contributed by atoms with Crippen LogP contribution in [-0.2, 0) is 11.2 Å². The van der Waals surface area contributed by atoms with Crippen LogP contribution in [0.4, 0.5) is 10.1 Å². The van der Waals surface area contributed by atoms with Crippen molar-refractivity contribution in [3.63, 3.8) is 0 Å². The summed E-state index contributed by atoms with van der Waals surface area (Å²) >= 11 is 5.86. The third kappa shape index (κ3) is 4.36. The van der Waals surface area contributed by atoms with E-state index in [0.717, 1.165) is 0 Å². The van der Waals surface area contributed by atoms with E-state index in [1.54, 1.807) is 18.2 Å². The van der Waals surface area contributed by atoms with Crippen LogP contribution in [0.2, 0.25) is 5.02 Å². The monoisotopic (exact) mass is 305 g/mol. The molecule has 0 fully saturated rings. The molecule has 21 heavy (non-hydrogen) atoms. The molecule has 0 spiro atoms. The first kappa shape index (κ1) is 15.1. The van der Waals surface area contributed by atoms with Gasteiger partial charge in [-0.1, -0.05) is 11.6 Å². The van der Waals surface area contributed by atoms with Crippen molar-refractivity contribution < 1.29 is 13.9 Å². The van der Waals surface area contributed by atoms with Crippen LogP contribution >= 0.6 is 11.6 Å². The van der Waals surface area contributed by atoms with E-state index in [4.69, 9.17) is 21.9 Å². The van der Waals surface area contributed by atoms with Crippen LogP contribution in [0.5, 0.6) is 5.75 Å². The minimum Gasteiger partial charge on any atom is -0.706 e. The smallest absolute Gasteiger partial charge is 0.311 e. The molecule has 0 atom stereocenters. The quantitative estimate of drug-likeness (QED) is 0.458. The highest BCUT2D eigenvalue weighted by Crippen LogP contribution is 2.24. The zero-order valence-corrected chi connectivity index (χ0v) is 11.7. The van der Waals surface area contributed by atoms with Gasteiger partial charge in [-0.15, -0.1) is 0 Å². The first-order valence-electron chi connectivity index (χ1n) is 6.18. The molecule has 0 N–H and O–H groups in total. The number of benzene rings is 2. The van der Waals surface area contributed by atoms with Gasteiger partial charge >= 0.3 is 5.97 Å². The van der Waals surface area contributed by atoms with Gasteiger partial charge in [0.1, 0.15) is 11.6 Å². The van der Waals surface area contributed by atoms with E-state index in [0.29, 0.717) is 22.7 Å². The van der Waals surface area contributed by atoms with Gasteiger partial charge in [0.2, 0.25) is 0 Å². The summed E-state index contributed by atoms with van der Waals surface area (Å²) in [6.45, 7) is 0. The Morgan fingerprint density at radius 1 is 1.24 bits per heavy atom. The van der Waals surface area contributed by atoms with Gasteiger partial charge in [0, 0.05) is 10.7 Å². The summed E-state index contributed by atoms with van der Waals surface area (Å²) in [5.41, 5.74) is 9.86. The molecule has 0 aliphatic rings. The maximum atomic E-state index is 12.7. The summed E-state index contributed by atoms with van der Waals surface area (Å²) in [6.07, 6.45) is 0.403. The normalized spacial score (nSPS) is 10.2. The number of hydrogen-bond acceptors (Lipinski definition) is 3. The van der Waals surface area contributed by atoms with Gasteiger partial charge in [-0.2, -0.15) is 0 Å². The number of halogens is 2. The minimum atomic E-state index is -0.467. The van der Waals surface area contributed by atoms with Crippen molar-refractivity contribution >= 4 is 23.3 Å². The number of hydrogen-bond donors (Lipinski definition) is 0. The molecule has 0 aromatic heterocycles. The highest BCUT2D eigenvalue weighted by atomic mass is 35.5. The van der Waals surface area contributed by atoms with Crippen molar-refractivity contribution in [1.29, 1.82) is 0 Å². The molecule has 0 saturated heterocycles. The zero-order chi connectivity index (χ0) is 15.2. The fourth-order valence-electron chi connectivity index (χ4n) is 1.77. The maximum absolute atomic E-state index is 12.7. The Bertz CT molecular complexity index is 659. The molecule has 2 aromatic rings. The largest absolute Gasteiger partial charge is 0.706 e. The average molecular weight is 306 g/mol. The van der Waals surface area contributed by atoms with E-state index in [1.807, 2.05) is 0 Å². The topological polar surface area (TPSA) is 61.0 Å². The second-order valence-electron chi connectivity index (χ2n) is 4.30. The third-order valence-corrected chi connectivity index (χ3v) is 3.03. The summed E-state index contributed by atoms with van der Waals surface area (Å²) in [5, 5.41) is 3.62. The van der Waals surface area contributed by atoms with Gasteiger partial charge in [0.15, 0.2) is 0 Å². The molecule has 108 valence electrons. The first-order chi connectivity index (χ1) is 10.1. The van der Waals surface area contributed by atoms with E-state index >= 15 is 0 Å². The Labute approximate surface area is 126 Å². The first-order valence-corrected chi connectivity index (χ1v) is 6.56. The Balaban J connectivity index is 1.96. The number of carbonyl (C=O) groups is 1. The van der Waals surface area contributed by atoms with Crippen LogP contribution in [-0.4, -0.2) is 5.97 Å². The van der Waals surface area contributed by atoms with E-state index in [1.165, 1.54) is 24.3 Å². The molecular weight excluding hydrogens is 295 g/mol. The highest BCUT2D eigenvalue weighted by molar-refractivity contribution is 6.30. The van der Waals surface area contributed by atoms with Crippen molar-refractivity contribution in [2.24, 2.45) is 5.11 Å². The summed E-state index contributed by atoms with van der Waals surface area (Å²) in [7, 11) is 0. The fourth-order valence-corrected chi connectivity index (χ4v) is 1.97. The molecular formula is C15H11ClFN2O2-. The molecule has 2 rings (SSSR count). The Kier molecular flexibility index (Phi) is 5.00. The predicted octanol–water partition coefficient (Wildman–Crippen LogP) is 4.67. The highest BCUT2D eigenvalue weighted by Gasteiger charge is 2.08. The molecule has 4 nitrogen and oxygen atoms in total. The molecule has 0 amide bonds. The fraction of sp³-hybridized carbons (Fsp3) is 0.133. The minimum absolute atomic E-state index is 0.0836. The average Bonchev–Trinajstić information content (AvgIpc) is 2.48.